The molecule has 3 fully saturated rings. The van der Waals surface area contributed by atoms with E-state index in [9.17, 15) is 14.4 Å². The molecule has 10 heteroatoms. The predicted octanol–water partition coefficient (Wildman–Crippen LogP) is 1.44. The first-order valence-electron chi connectivity index (χ1n) is 12.7. The van der Waals surface area contributed by atoms with Gasteiger partial charge < -0.3 is 19.4 Å². The molecule has 1 aliphatic carbocycles. The van der Waals surface area contributed by atoms with Gasteiger partial charge in [-0.05, 0) is 51.5 Å². The minimum atomic E-state index is -0.287. The number of carbonyl (C=O) groups is 3. The molecule has 2 aromatic heterocycles. The van der Waals surface area contributed by atoms with Crippen LogP contribution in [-0.2, 0) is 14.3 Å². The summed E-state index contributed by atoms with van der Waals surface area (Å²) in [5.74, 6) is 0.397. The average molecular weight is 483 g/mol. The van der Waals surface area contributed by atoms with E-state index in [0.29, 0.717) is 50.8 Å². The van der Waals surface area contributed by atoms with Crippen molar-refractivity contribution in [3.63, 3.8) is 0 Å². The summed E-state index contributed by atoms with van der Waals surface area (Å²) < 4.78 is 7.84. The summed E-state index contributed by atoms with van der Waals surface area (Å²) in [6, 6.07) is 3.60. The van der Waals surface area contributed by atoms with Crippen LogP contribution in [0.2, 0.25) is 0 Å². The molecule has 0 spiro atoms. The fraction of sp³-hybridized carbons (Fsp3) is 0.640. The average Bonchev–Trinajstić information content (AvgIpc) is 3.45. The highest BCUT2D eigenvalue weighted by molar-refractivity contribution is 5.96. The van der Waals surface area contributed by atoms with Gasteiger partial charge in [0.15, 0.2) is 11.3 Å². The fourth-order valence-corrected chi connectivity index (χ4v) is 4.96. The van der Waals surface area contributed by atoms with E-state index in [1.807, 2.05) is 24.8 Å². The second-order valence-corrected chi connectivity index (χ2v) is 10.1. The van der Waals surface area contributed by atoms with Crippen molar-refractivity contribution in [3.05, 3.63) is 29.2 Å². The minimum absolute atomic E-state index is 0.00984. The molecule has 0 N–H and O–H groups in total. The molecule has 0 aromatic carbocycles. The van der Waals surface area contributed by atoms with Crippen molar-refractivity contribution in [1.82, 2.24) is 29.3 Å². The van der Waals surface area contributed by atoms with Gasteiger partial charge in [0.1, 0.15) is 6.54 Å². The van der Waals surface area contributed by atoms with E-state index < -0.39 is 0 Å². The van der Waals surface area contributed by atoms with Crippen molar-refractivity contribution in [2.24, 2.45) is 5.92 Å². The van der Waals surface area contributed by atoms with Gasteiger partial charge in [-0.1, -0.05) is 0 Å². The van der Waals surface area contributed by atoms with Crippen LogP contribution in [0.1, 0.15) is 54.0 Å². The van der Waals surface area contributed by atoms with Crippen molar-refractivity contribution in [2.75, 3.05) is 45.9 Å². The number of aromatic nitrogens is 3. The largest absolute Gasteiger partial charge is 0.374 e. The number of carbonyl (C=O) groups excluding carboxylic acids is 3. The maximum Gasteiger partial charge on any atom is 0.275 e. The summed E-state index contributed by atoms with van der Waals surface area (Å²) >= 11 is 0. The predicted molar refractivity (Wildman–Crippen MR) is 128 cm³/mol. The van der Waals surface area contributed by atoms with Crippen molar-refractivity contribution >= 4 is 23.4 Å². The molecule has 3 aliphatic rings. The number of fused-ring (bicyclic) bond motifs is 1. The number of ether oxygens (including phenoxy) is 1. The smallest absolute Gasteiger partial charge is 0.275 e. The van der Waals surface area contributed by atoms with Crippen LogP contribution in [0, 0.1) is 19.8 Å². The van der Waals surface area contributed by atoms with E-state index in [0.717, 1.165) is 30.8 Å². The molecule has 1 unspecified atom stereocenters. The first-order chi connectivity index (χ1) is 16.9. The normalized spacial score (nSPS) is 21.3. The van der Waals surface area contributed by atoms with Gasteiger partial charge in [-0.25, -0.2) is 9.50 Å². The lowest BCUT2D eigenvalue weighted by Crippen LogP contribution is -2.40. The Hall–Kier alpha value is -3.01. The number of hydrogen-bond donors (Lipinski definition) is 0. The van der Waals surface area contributed by atoms with Gasteiger partial charge in [0.25, 0.3) is 5.91 Å². The highest BCUT2D eigenvalue weighted by Gasteiger charge is 2.33. The zero-order valence-electron chi connectivity index (χ0n) is 20.6. The second kappa shape index (κ2) is 9.93. The minimum Gasteiger partial charge on any atom is -0.374 e. The van der Waals surface area contributed by atoms with Crippen molar-refractivity contribution in [1.29, 1.82) is 0 Å². The van der Waals surface area contributed by atoms with E-state index in [2.05, 4.69) is 10.1 Å². The molecule has 3 amide bonds. The Morgan fingerprint density at radius 1 is 1.09 bits per heavy atom. The molecule has 5 rings (SSSR count). The number of rotatable bonds is 8. The third-order valence-corrected chi connectivity index (χ3v) is 7.06. The highest BCUT2D eigenvalue weighted by Crippen LogP contribution is 2.29. The van der Waals surface area contributed by atoms with Crippen LogP contribution in [0.25, 0.3) is 5.65 Å². The molecule has 35 heavy (non-hydrogen) atoms. The van der Waals surface area contributed by atoms with E-state index in [1.165, 1.54) is 12.8 Å². The molecule has 4 heterocycles. The summed E-state index contributed by atoms with van der Waals surface area (Å²) in [7, 11) is 0. The Balaban J connectivity index is 1.29. The summed E-state index contributed by atoms with van der Waals surface area (Å²) in [6.07, 6.45) is 4.35. The summed E-state index contributed by atoms with van der Waals surface area (Å²) in [5, 5.41) is 4.47. The van der Waals surface area contributed by atoms with Crippen LogP contribution in [0.5, 0.6) is 0 Å². The maximum atomic E-state index is 13.4. The zero-order valence-corrected chi connectivity index (χ0v) is 20.6. The summed E-state index contributed by atoms with van der Waals surface area (Å²) in [5.41, 5.74) is 2.65. The van der Waals surface area contributed by atoms with Gasteiger partial charge in [0.05, 0.1) is 6.10 Å². The summed E-state index contributed by atoms with van der Waals surface area (Å²) in [4.78, 5) is 48.2. The van der Waals surface area contributed by atoms with Crippen LogP contribution >= 0.6 is 0 Å². The Morgan fingerprint density at radius 3 is 2.63 bits per heavy atom. The zero-order chi connectivity index (χ0) is 24.5. The van der Waals surface area contributed by atoms with Gasteiger partial charge in [-0.3, -0.25) is 14.4 Å². The molecule has 188 valence electrons. The molecule has 10 nitrogen and oxygen atoms in total. The molecule has 2 saturated heterocycles. The standard InChI is InChI=1S/C25H34N6O4/c1-17-11-18(2)31-22(26-17)12-21(27-31)25(34)30-14-20(35-16-19-6-7-19)13-29(24(33)15-30)10-4-9-28-8-3-5-23(28)32/h11-12,19-20H,3-10,13-16H2,1-2H3. The molecule has 1 saturated carbocycles. The van der Waals surface area contributed by atoms with Crippen molar-refractivity contribution in [3.8, 4) is 0 Å². The third kappa shape index (κ3) is 5.47. The number of aryl methyl sites for hydroxylation is 2. The van der Waals surface area contributed by atoms with E-state index in [4.69, 9.17) is 4.74 Å². The molecule has 0 bridgehead atoms. The van der Waals surface area contributed by atoms with Crippen LogP contribution in [0.4, 0.5) is 0 Å². The van der Waals surface area contributed by atoms with Crippen LogP contribution < -0.4 is 0 Å². The third-order valence-electron chi connectivity index (χ3n) is 7.06. The Morgan fingerprint density at radius 2 is 1.89 bits per heavy atom. The number of amides is 3. The van der Waals surface area contributed by atoms with Crippen LogP contribution in [-0.4, -0.2) is 99.0 Å². The molecule has 2 aromatic rings. The van der Waals surface area contributed by atoms with Gasteiger partial charge >= 0.3 is 0 Å². The highest BCUT2D eigenvalue weighted by atomic mass is 16.5. The van der Waals surface area contributed by atoms with Crippen molar-refractivity contribution in [2.45, 2.75) is 52.1 Å². The monoisotopic (exact) mass is 482 g/mol. The van der Waals surface area contributed by atoms with Crippen LogP contribution in [0.15, 0.2) is 12.1 Å². The van der Waals surface area contributed by atoms with Gasteiger partial charge in [-0.15, -0.1) is 0 Å². The molecular formula is C25H34N6O4. The Kier molecular flexibility index (Phi) is 6.73. The van der Waals surface area contributed by atoms with E-state index in [-0.39, 0.29) is 36.1 Å². The number of likely N-dealkylation sites (tertiary alicyclic amines) is 1. The molecule has 1 atom stereocenters. The van der Waals surface area contributed by atoms with E-state index in [1.54, 1.807) is 20.4 Å². The molecule has 2 aliphatic heterocycles. The van der Waals surface area contributed by atoms with Crippen LogP contribution in [0.3, 0.4) is 0 Å². The first-order valence-corrected chi connectivity index (χ1v) is 12.7. The van der Waals surface area contributed by atoms with Gasteiger partial charge in [0.2, 0.25) is 11.8 Å². The van der Waals surface area contributed by atoms with Gasteiger partial charge in [0, 0.05) is 63.2 Å². The lowest BCUT2D eigenvalue weighted by molar-refractivity contribution is -0.131. The topological polar surface area (TPSA) is 100 Å². The number of hydrogen-bond acceptors (Lipinski definition) is 6. The summed E-state index contributed by atoms with van der Waals surface area (Å²) in [6.45, 7) is 7.29. The SMILES string of the molecule is Cc1cc(C)n2nc(C(=O)N3CC(=O)N(CCCN4CCCC4=O)CC(OCC4CC4)C3)cc2n1. The first kappa shape index (κ1) is 23.7. The maximum absolute atomic E-state index is 13.4. The quantitative estimate of drug-likeness (QED) is 0.565. The fourth-order valence-electron chi connectivity index (χ4n) is 4.96. The lowest BCUT2D eigenvalue weighted by atomic mass is 10.2. The van der Waals surface area contributed by atoms with Gasteiger partial charge in [-0.2, -0.15) is 5.10 Å². The Bertz CT molecular complexity index is 1130. The number of nitrogens with zero attached hydrogens (tertiary/aromatic N) is 6. The second-order valence-electron chi connectivity index (χ2n) is 10.1. The Labute approximate surface area is 205 Å². The lowest BCUT2D eigenvalue weighted by Gasteiger charge is -2.25. The van der Waals surface area contributed by atoms with Crippen molar-refractivity contribution < 1.29 is 19.1 Å². The molecular weight excluding hydrogens is 448 g/mol. The van der Waals surface area contributed by atoms with E-state index >= 15 is 0 Å². The molecule has 0 radical (unpaired) electrons.